The summed E-state index contributed by atoms with van der Waals surface area (Å²) in [5, 5.41) is 0. The van der Waals surface area contributed by atoms with Crippen molar-refractivity contribution in [1.82, 2.24) is 4.90 Å². The van der Waals surface area contributed by atoms with E-state index in [-0.39, 0.29) is 0 Å². The highest BCUT2D eigenvalue weighted by molar-refractivity contribution is 5.13. The van der Waals surface area contributed by atoms with Crippen LogP contribution in [0.15, 0.2) is 23.0 Å². The average molecular weight is 236 g/mol. The fraction of sp³-hybridized carbons (Fsp3) is 0.714. The van der Waals surface area contributed by atoms with Crippen LogP contribution in [0.3, 0.4) is 0 Å². The fourth-order valence-electron chi connectivity index (χ4n) is 2.98. The Bertz CT molecular complexity index is 310. The summed E-state index contributed by atoms with van der Waals surface area (Å²) in [5.74, 6) is 0. The number of hydrogen-bond acceptors (Lipinski definition) is 3. The predicted octanol–water partition coefficient (Wildman–Crippen LogP) is 2.93. The summed E-state index contributed by atoms with van der Waals surface area (Å²) < 4.78 is 5.21. The van der Waals surface area contributed by atoms with Crippen LogP contribution in [0.4, 0.5) is 0 Å². The third-order valence-corrected chi connectivity index (χ3v) is 3.95. The molecule has 2 rings (SSSR count). The first-order chi connectivity index (χ1) is 8.36. The van der Waals surface area contributed by atoms with Gasteiger partial charge in [-0.05, 0) is 31.9 Å². The Kier molecular flexibility index (Phi) is 4.63. The maximum absolute atomic E-state index is 5.98. The molecule has 0 bridgehead atoms. The van der Waals surface area contributed by atoms with E-state index in [9.17, 15) is 0 Å². The van der Waals surface area contributed by atoms with Crippen molar-refractivity contribution in [3.8, 4) is 0 Å². The minimum Gasteiger partial charge on any atom is -0.472 e. The van der Waals surface area contributed by atoms with E-state index in [1.54, 1.807) is 6.26 Å². The zero-order chi connectivity index (χ0) is 12.1. The Morgan fingerprint density at radius 3 is 3.00 bits per heavy atom. The minimum absolute atomic E-state index is 0.330. The van der Waals surface area contributed by atoms with Crippen LogP contribution < -0.4 is 5.73 Å². The number of rotatable bonds is 4. The van der Waals surface area contributed by atoms with Gasteiger partial charge in [0.2, 0.25) is 0 Å². The second-order valence-corrected chi connectivity index (χ2v) is 4.96. The van der Waals surface area contributed by atoms with Gasteiger partial charge < -0.3 is 10.2 Å². The molecular weight excluding hydrogens is 212 g/mol. The molecule has 1 saturated heterocycles. The molecule has 0 amide bonds. The van der Waals surface area contributed by atoms with Gasteiger partial charge in [0.15, 0.2) is 0 Å². The van der Waals surface area contributed by atoms with Crippen LogP contribution in [-0.2, 0) is 0 Å². The molecule has 0 saturated carbocycles. The molecule has 2 atom stereocenters. The molecule has 96 valence electrons. The van der Waals surface area contributed by atoms with Crippen molar-refractivity contribution in [3.05, 3.63) is 24.2 Å². The first-order valence-electron chi connectivity index (χ1n) is 6.84. The van der Waals surface area contributed by atoms with Gasteiger partial charge in [0.05, 0.1) is 18.6 Å². The normalized spacial score (nSPS) is 24.5. The summed E-state index contributed by atoms with van der Waals surface area (Å²) in [5.41, 5.74) is 7.21. The highest BCUT2D eigenvalue weighted by Gasteiger charge is 2.27. The summed E-state index contributed by atoms with van der Waals surface area (Å²) in [7, 11) is 0. The molecule has 0 aromatic carbocycles. The summed E-state index contributed by atoms with van der Waals surface area (Å²) in [6.45, 7) is 4.13. The smallest absolute Gasteiger partial charge is 0.0950 e. The van der Waals surface area contributed by atoms with Crippen LogP contribution in [0.2, 0.25) is 0 Å². The molecule has 0 aliphatic carbocycles. The molecule has 3 nitrogen and oxygen atoms in total. The third kappa shape index (κ3) is 2.90. The second kappa shape index (κ2) is 6.22. The maximum Gasteiger partial charge on any atom is 0.0950 e. The molecule has 0 radical (unpaired) electrons. The first kappa shape index (κ1) is 12.7. The van der Waals surface area contributed by atoms with Gasteiger partial charge in [-0.1, -0.05) is 19.8 Å². The van der Waals surface area contributed by atoms with E-state index in [1.165, 1.54) is 44.2 Å². The lowest BCUT2D eigenvalue weighted by molar-refractivity contribution is 0.135. The summed E-state index contributed by atoms with van der Waals surface area (Å²) in [4.78, 5) is 2.60. The summed E-state index contributed by atoms with van der Waals surface area (Å²) in [6, 6.07) is 3.06. The van der Waals surface area contributed by atoms with Crippen molar-refractivity contribution in [1.29, 1.82) is 0 Å². The Hall–Kier alpha value is -0.800. The maximum atomic E-state index is 5.98. The minimum atomic E-state index is 0.330. The van der Waals surface area contributed by atoms with E-state index in [0.717, 1.165) is 0 Å². The van der Waals surface area contributed by atoms with Crippen LogP contribution >= 0.6 is 0 Å². The van der Waals surface area contributed by atoms with Crippen LogP contribution in [0.1, 0.15) is 50.6 Å². The van der Waals surface area contributed by atoms with Crippen molar-refractivity contribution in [2.45, 2.75) is 51.1 Å². The molecule has 1 fully saturated rings. The van der Waals surface area contributed by atoms with Crippen LogP contribution in [0, 0.1) is 0 Å². The predicted molar refractivity (Wildman–Crippen MR) is 69.8 cm³/mol. The Morgan fingerprint density at radius 1 is 1.47 bits per heavy atom. The van der Waals surface area contributed by atoms with E-state index >= 15 is 0 Å². The Morgan fingerprint density at radius 2 is 2.35 bits per heavy atom. The topological polar surface area (TPSA) is 42.4 Å². The monoisotopic (exact) mass is 236 g/mol. The highest BCUT2D eigenvalue weighted by atomic mass is 16.3. The van der Waals surface area contributed by atoms with Gasteiger partial charge in [-0.25, -0.2) is 0 Å². The van der Waals surface area contributed by atoms with Crippen molar-refractivity contribution >= 4 is 0 Å². The largest absolute Gasteiger partial charge is 0.472 e. The van der Waals surface area contributed by atoms with E-state index in [0.29, 0.717) is 18.6 Å². The van der Waals surface area contributed by atoms with Crippen molar-refractivity contribution in [3.63, 3.8) is 0 Å². The lowest BCUT2D eigenvalue weighted by Gasteiger charge is -2.35. The van der Waals surface area contributed by atoms with Gasteiger partial charge >= 0.3 is 0 Å². The SMILES string of the molecule is CCC1CCCCCN1C(CN)c1ccoc1. The lowest BCUT2D eigenvalue weighted by atomic mass is 10.0. The number of likely N-dealkylation sites (tertiary alicyclic amines) is 1. The molecule has 0 spiro atoms. The van der Waals surface area contributed by atoms with Crippen LogP contribution in [-0.4, -0.2) is 24.0 Å². The molecule has 17 heavy (non-hydrogen) atoms. The van der Waals surface area contributed by atoms with Crippen LogP contribution in [0.5, 0.6) is 0 Å². The third-order valence-electron chi connectivity index (χ3n) is 3.95. The van der Waals surface area contributed by atoms with Gasteiger partial charge in [0, 0.05) is 18.2 Å². The Balaban J connectivity index is 2.15. The van der Waals surface area contributed by atoms with Gasteiger partial charge in [-0.15, -0.1) is 0 Å². The van der Waals surface area contributed by atoms with Crippen molar-refractivity contribution in [2.75, 3.05) is 13.1 Å². The molecule has 1 aliphatic rings. The van der Waals surface area contributed by atoms with E-state index in [1.807, 2.05) is 6.26 Å². The summed E-state index contributed by atoms with van der Waals surface area (Å²) >= 11 is 0. The molecule has 1 aromatic heterocycles. The van der Waals surface area contributed by atoms with Gasteiger partial charge in [0.25, 0.3) is 0 Å². The number of nitrogens with two attached hydrogens (primary N) is 1. The molecule has 2 unspecified atom stereocenters. The molecule has 2 heterocycles. The highest BCUT2D eigenvalue weighted by Crippen LogP contribution is 2.28. The quantitative estimate of drug-likeness (QED) is 0.874. The molecule has 2 N–H and O–H groups in total. The fourth-order valence-corrected chi connectivity index (χ4v) is 2.98. The van der Waals surface area contributed by atoms with Crippen molar-refractivity contribution < 1.29 is 4.42 Å². The lowest BCUT2D eigenvalue weighted by Crippen LogP contribution is -2.40. The Labute approximate surface area is 104 Å². The number of hydrogen-bond donors (Lipinski definition) is 1. The van der Waals surface area contributed by atoms with Crippen molar-refractivity contribution in [2.24, 2.45) is 5.73 Å². The van der Waals surface area contributed by atoms with E-state index in [4.69, 9.17) is 10.2 Å². The van der Waals surface area contributed by atoms with E-state index in [2.05, 4.69) is 17.9 Å². The van der Waals surface area contributed by atoms with E-state index < -0.39 is 0 Å². The number of nitrogens with zero attached hydrogens (tertiary/aromatic N) is 1. The average Bonchev–Trinajstić information content (AvgIpc) is 2.76. The van der Waals surface area contributed by atoms with Gasteiger partial charge in [-0.2, -0.15) is 0 Å². The molecular formula is C14H24N2O. The zero-order valence-electron chi connectivity index (χ0n) is 10.8. The van der Waals surface area contributed by atoms with Crippen LogP contribution in [0.25, 0.3) is 0 Å². The standard InChI is InChI=1S/C14H24N2O/c1-2-13-6-4-3-5-8-16(13)14(10-15)12-7-9-17-11-12/h7,9,11,13-14H,2-6,8,10,15H2,1H3. The molecule has 1 aliphatic heterocycles. The summed E-state index contributed by atoms with van der Waals surface area (Å²) in [6.07, 6.45) is 10.1. The second-order valence-electron chi connectivity index (χ2n) is 4.96. The van der Waals surface area contributed by atoms with Gasteiger partial charge in [0.1, 0.15) is 0 Å². The zero-order valence-corrected chi connectivity index (χ0v) is 10.8. The first-order valence-corrected chi connectivity index (χ1v) is 6.84. The van der Waals surface area contributed by atoms with Gasteiger partial charge in [-0.3, -0.25) is 4.90 Å². The molecule has 1 aromatic rings. The number of furan rings is 1. The molecule has 3 heteroatoms.